The molecule has 1 fully saturated rings. The fourth-order valence-electron chi connectivity index (χ4n) is 4.47. The first-order valence-electron chi connectivity index (χ1n) is 11.4. The van der Waals surface area contributed by atoms with Crippen LogP contribution >= 0.6 is 0 Å². The number of rotatable bonds is 6. The number of hydrogen-bond acceptors (Lipinski definition) is 9. The van der Waals surface area contributed by atoms with Gasteiger partial charge in [0.25, 0.3) is 0 Å². The molecule has 0 amide bonds. The van der Waals surface area contributed by atoms with Crippen LogP contribution in [0.25, 0.3) is 16.8 Å². The van der Waals surface area contributed by atoms with Crippen LogP contribution in [-0.4, -0.2) is 59.3 Å². The van der Waals surface area contributed by atoms with E-state index in [0.29, 0.717) is 46.9 Å². The Hall–Kier alpha value is -4.55. The summed E-state index contributed by atoms with van der Waals surface area (Å²) in [5.74, 6) is -0.206. The number of ether oxygens (including phenoxy) is 1. The summed E-state index contributed by atoms with van der Waals surface area (Å²) in [6.45, 7) is 2.86. The van der Waals surface area contributed by atoms with Gasteiger partial charge in [-0.1, -0.05) is 5.21 Å². The summed E-state index contributed by atoms with van der Waals surface area (Å²) in [6.07, 6.45) is 7.10. The van der Waals surface area contributed by atoms with E-state index in [4.69, 9.17) is 10.00 Å². The summed E-state index contributed by atoms with van der Waals surface area (Å²) in [4.78, 5) is 5.76. The van der Waals surface area contributed by atoms with Crippen molar-refractivity contribution in [3.63, 3.8) is 0 Å². The molecule has 0 radical (unpaired) electrons. The second-order valence-electron chi connectivity index (χ2n) is 8.53. The highest BCUT2D eigenvalue weighted by atomic mass is 19.1. The van der Waals surface area contributed by atoms with E-state index in [-0.39, 0.29) is 6.04 Å². The minimum Gasteiger partial charge on any atom is -0.479 e. The molecule has 1 unspecified atom stereocenters. The normalized spacial score (nSPS) is 15.0. The van der Waals surface area contributed by atoms with Gasteiger partial charge in [0, 0.05) is 24.8 Å². The van der Waals surface area contributed by atoms with E-state index in [1.165, 1.54) is 22.8 Å². The number of fused-ring (bicyclic) bond motifs is 1. The van der Waals surface area contributed by atoms with Crippen molar-refractivity contribution in [1.29, 1.82) is 10.5 Å². The van der Waals surface area contributed by atoms with Gasteiger partial charge in [-0.05, 0) is 38.0 Å². The maximum Gasteiger partial charge on any atom is 0.179 e. The molecule has 1 atom stereocenters. The third kappa shape index (κ3) is 4.19. The number of pyridine rings is 2. The summed E-state index contributed by atoms with van der Waals surface area (Å²) in [5, 5.41) is 41.8. The number of halogens is 1. The van der Waals surface area contributed by atoms with E-state index in [0.717, 1.165) is 24.7 Å². The van der Waals surface area contributed by atoms with Gasteiger partial charge in [-0.2, -0.15) is 15.6 Å². The SMILES string of the molecule is Cc1c(-c2cc(OC(CO)c3ccc(F)cn3)c3c(C#N)cnn3c2)nnn1C1CCN(C#N)CC1. The Labute approximate surface area is 205 Å². The van der Waals surface area contributed by atoms with E-state index >= 15 is 0 Å². The average Bonchev–Trinajstić information content (AvgIpc) is 3.51. The van der Waals surface area contributed by atoms with E-state index in [9.17, 15) is 14.8 Å². The van der Waals surface area contributed by atoms with Crippen LogP contribution in [-0.2, 0) is 0 Å². The van der Waals surface area contributed by atoms with Crippen molar-refractivity contribution >= 4 is 5.52 Å². The molecule has 0 aromatic carbocycles. The first-order valence-corrected chi connectivity index (χ1v) is 11.4. The van der Waals surface area contributed by atoms with Crippen molar-refractivity contribution in [2.75, 3.05) is 19.7 Å². The van der Waals surface area contributed by atoms with E-state index in [1.807, 2.05) is 11.6 Å². The molecule has 1 aliphatic rings. The van der Waals surface area contributed by atoms with Crippen molar-refractivity contribution in [3.05, 3.63) is 59.6 Å². The Morgan fingerprint density at radius 1 is 1.25 bits per heavy atom. The van der Waals surface area contributed by atoms with E-state index in [2.05, 4.69) is 32.7 Å². The van der Waals surface area contributed by atoms with Gasteiger partial charge in [-0.15, -0.1) is 5.10 Å². The van der Waals surface area contributed by atoms with Crippen LogP contribution in [0.3, 0.4) is 0 Å². The van der Waals surface area contributed by atoms with Crippen LogP contribution in [0.4, 0.5) is 4.39 Å². The standard InChI is InChI=1S/C24H22FN9O2/c1-15-23(30-31-34(15)19-4-6-32(14-27)7-5-19)16-8-21(24-17(9-26)10-29-33(24)12-16)36-22(13-35)20-3-2-18(25)11-28-20/h2-3,8,10-12,19,22,35H,4-7,13H2,1H3. The third-order valence-corrected chi connectivity index (χ3v) is 6.37. The highest BCUT2D eigenvalue weighted by Crippen LogP contribution is 2.34. The van der Waals surface area contributed by atoms with Crippen LogP contribution in [0.15, 0.2) is 36.8 Å². The number of aliphatic hydroxyl groups is 1. The van der Waals surface area contributed by atoms with Crippen molar-refractivity contribution in [3.8, 4) is 29.3 Å². The molecule has 5 rings (SSSR count). The zero-order valence-electron chi connectivity index (χ0n) is 19.4. The minimum absolute atomic E-state index is 0.133. The Kier molecular flexibility index (Phi) is 6.19. The highest BCUT2D eigenvalue weighted by Gasteiger charge is 2.25. The Morgan fingerprint density at radius 3 is 2.72 bits per heavy atom. The van der Waals surface area contributed by atoms with Crippen LogP contribution in [0.5, 0.6) is 5.75 Å². The summed E-state index contributed by atoms with van der Waals surface area (Å²) in [5.41, 5.74) is 3.19. The number of piperidine rings is 1. The molecule has 0 saturated carbocycles. The number of nitrogens with zero attached hydrogens (tertiary/aromatic N) is 9. The Morgan fingerprint density at radius 2 is 2.06 bits per heavy atom. The molecule has 0 spiro atoms. The molecule has 36 heavy (non-hydrogen) atoms. The predicted octanol–water partition coefficient (Wildman–Crippen LogP) is 2.54. The molecule has 182 valence electrons. The summed E-state index contributed by atoms with van der Waals surface area (Å²) < 4.78 is 22.9. The molecule has 11 nitrogen and oxygen atoms in total. The first-order chi connectivity index (χ1) is 17.5. The van der Waals surface area contributed by atoms with Gasteiger partial charge in [-0.3, -0.25) is 4.98 Å². The van der Waals surface area contributed by atoms with Crippen LogP contribution in [0, 0.1) is 35.5 Å². The van der Waals surface area contributed by atoms with E-state index < -0.39 is 18.5 Å². The topological polar surface area (TPSA) is 141 Å². The third-order valence-electron chi connectivity index (χ3n) is 6.37. The molecule has 4 aromatic rings. The van der Waals surface area contributed by atoms with Gasteiger partial charge in [0.05, 0.1) is 36.4 Å². The van der Waals surface area contributed by atoms with Gasteiger partial charge in [0.15, 0.2) is 12.3 Å². The van der Waals surface area contributed by atoms with Gasteiger partial charge in [0.1, 0.15) is 34.4 Å². The average molecular weight is 487 g/mol. The second-order valence-corrected chi connectivity index (χ2v) is 8.53. The molecule has 0 aliphatic carbocycles. The monoisotopic (exact) mass is 487 g/mol. The molecule has 1 aliphatic heterocycles. The lowest BCUT2D eigenvalue weighted by molar-refractivity contribution is 0.114. The number of aromatic nitrogens is 6. The molecule has 5 heterocycles. The lowest BCUT2D eigenvalue weighted by atomic mass is 10.0. The highest BCUT2D eigenvalue weighted by molar-refractivity contribution is 5.74. The largest absolute Gasteiger partial charge is 0.479 e. The maximum absolute atomic E-state index is 13.4. The van der Waals surface area contributed by atoms with E-state index in [1.54, 1.807) is 17.2 Å². The number of nitriles is 2. The predicted molar refractivity (Wildman–Crippen MR) is 124 cm³/mol. The van der Waals surface area contributed by atoms with Gasteiger partial charge in [0.2, 0.25) is 0 Å². The Bertz CT molecular complexity index is 1470. The number of aliphatic hydroxyl groups excluding tert-OH is 1. The number of likely N-dealkylation sites (tertiary alicyclic amines) is 1. The van der Waals surface area contributed by atoms with Crippen LogP contribution < -0.4 is 4.74 Å². The molecular formula is C24H22FN9O2. The zero-order chi connectivity index (χ0) is 25.2. The molecule has 1 saturated heterocycles. The molecule has 4 aromatic heterocycles. The Balaban J connectivity index is 1.53. The van der Waals surface area contributed by atoms with Crippen molar-refractivity contribution in [2.45, 2.75) is 31.9 Å². The summed E-state index contributed by atoms with van der Waals surface area (Å²) in [6, 6.07) is 6.64. The quantitative estimate of drug-likeness (QED) is 0.406. The molecule has 0 bridgehead atoms. The fraction of sp³-hybridized carbons (Fsp3) is 0.333. The lowest BCUT2D eigenvalue weighted by Crippen LogP contribution is -2.31. The van der Waals surface area contributed by atoms with Gasteiger partial charge >= 0.3 is 0 Å². The summed E-state index contributed by atoms with van der Waals surface area (Å²) in [7, 11) is 0. The van der Waals surface area contributed by atoms with Crippen molar-refractivity contribution in [1.82, 2.24) is 34.5 Å². The maximum atomic E-state index is 13.4. The van der Waals surface area contributed by atoms with Crippen LogP contribution in [0.2, 0.25) is 0 Å². The fourth-order valence-corrected chi connectivity index (χ4v) is 4.47. The number of hydrogen-bond donors (Lipinski definition) is 1. The van der Waals surface area contributed by atoms with Crippen molar-refractivity contribution < 1.29 is 14.2 Å². The molecule has 1 N–H and O–H groups in total. The second kappa shape index (κ2) is 9.60. The van der Waals surface area contributed by atoms with Crippen molar-refractivity contribution in [2.24, 2.45) is 0 Å². The first kappa shape index (κ1) is 23.2. The van der Waals surface area contributed by atoms with Gasteiger partial charge in [-0.25, -0.2) is 13.6 Å². The molecular weight excluding hydrogens is 465 g/mol. The summed E-state index contributed by atoms with van der Waals surface area (Å²) >= 11 is 0. The lowest BCUT2D eigenvalue weighted by Gasteiger charge is -2.28. The minimum atomic E-state index is -0.895. The van der Waals surface area contributed by atoms with Crippen LogP contribution in [0.1, 0.15) is 41.9 Å². The smallest absolute Gasteiger partial charge is 0.179 e. The molecule has 12 heteroatoms. The van der Waals surface area contributed by atoms with Gasteiger partial charge < -0.3 is 14.7 Å². The zero-order valence-corrected chi connectivity index (χ0v) is 19.4.